The van der Waals surface area contributed by atoms with Crippen LogP contribution in [-0.4, -0.2) is 21.0 Å². The average Bonchev–Trinajstić information content (AvgIpc) is 2.58. The highest BCUT2D eigenvalue weighted by Crippen LogP contribution is 2.23. The molecule has 0 saturated heterocycles. The normalized spacial score (nSPS) is 10.3. The van der Waals surface area contributed by atoms with E-state index >= 15 is 0 Å². The monoisotopic (exact) mass is 398 g/mol. The van der Waals surface area contributed by atoms with Gasteiger partial charge in [-0.25, -0.2) is 9.78 Å². The van der Waals surface area contributed by atoms with E-state index in [1.54, 1.807) is 24.4 Å². The van der Waals surface area contributed by atoms with Crippen LogP contribution in [0.15, 0.2) is 59.2 Å². The third kappa shape index (κ3) is 4.33. The van der Waals surface area contributed by atoms with Crippen molar-refractivity contribution < 1.29 is 9.90 Å². The van der Waals surface area contributed by atoms with E-state index in [9.17, 15) is 4.79 Å². The van der Waals surface area contributed by atoms with Crippen LogP contribution >= 0.6 is 15.9 Å². The van der Waals surface area contributed by atoms with Gasteiger partial charge in [-0.1, -0.05) is 15.9 Å². The van der Waals surface area contributed by atoms with Gasteiger partial charge in [0.2, 0.25) is 5.95 Å². The van der Waals surface area contributed by atoms with Crippen molar-refractivity contribution in [3.05, 3.63) is 70.3 Å². The molecule has 0 aliphatic heterocycles. The Morgan fingerprint density at radius 2 is 1.84 bits per heavy atom. The Labute approximate surface area is 153 Å². The molecule has 3 N–H and O–H groups in total. The number of benzene rings is 2. The predicted molar refractivity (Wildman–Crippen MR) is 101 cm³/mol. The van der Waals surface area contributed by atoms with Gasteiger partial charge >= 0.3 is 5.97 Å². The summed E-state index contributed by atoms with van der Waals surface area (Å²) in [5.74, 6) is 0.123. The number of nitrogens with one attached hydrogen (secondary N) is 2. The Morgan fingerprint density at radius 3 is 2.52 bits per heavy atom. The molecule has 2 aromatic carbocycles. The first-order chi connectivity index (χ1) is 12.0. The molecule has 0 amide bonds. The molecule has 0 unspecified atom stereocenters. The zero-order chi connectivity index (χ0) is 17.8. The predicted octanol–water partition coefficient (Wildman–Crippen LogP) is 4.73. The van der Waals surface area contributed by atoms with Crippen molar-refractivity contribution in [2.24, 2.45) is 0 Å². The first-order valence-corrected chi connectivity index (χ1v) is 8.27. The minimum atomic E-state index is -0.954. The van der Waals surface area contributed by atoms with Crippen molar-refractivity contribution in [3.8, 4) is 0 Å². The van der Waals surface area contributed by atoms with E-state index in [2.05, 4.69) is 36.5 Å². The van der Waals surface area contributed by atoms with Crippen molar-refractivity contribution >= 4 is 45.0 Å². The van der Waals surface area contributed by atoms with Gasteiger partial charge in [0.25, 0.3) is 0 Å². The first kappa shape index (κ1) is 16.9. The summed E-state index contributed by atoms with van der Waals surface area (Å²) in [7, 11) is 0. The molecule has 1 aromatic heterocycles. The van der Waals surface area contributed by atoms with E-state index < -0.39 is 5.97 Å². The fraction of sp³-hybridized carbons (Fsp3) is 0.0556. The molecule has 1 heterocycles. The number of carboxylic acid groups (broad SMARTS) is 1. The number of aryl methyl sites for hydroxylation is 1. The highest BCUT2D eigenvalue weighted by molar-refractivity contribution is 9.10. The number of aromatic nitrogens is 2. The van der Waals surface area contributed by atoms with Gasteiger partial charge in [0, 0.05) is 22.0 Å². The molecule has 0 saturated carbocycles. The lowest BCUT2D eigenvalue weighted by molar-refractivity contribution is 0.0697. The number of halogens is 1. The summed E-state index contributed by atoms with van der Waals surface area (Å²) in [4.78, 5) is 19.5. The highest BCUT2D eigenvalue weighted by atomic mass is 79.9. The summed E-state index contributed by atoms with van der Waals surface area (Å²) in [5, 5.41) is 15.2. The van der Waals surface area contributed by atoms with Gasteiger partial charge in [0.05, 0.1) is 5.56 Å². The van der Waals surface area contributed by atoms with Gasteiger partial charge < -0.3 is 15.7 Å². The van der Waals surface area contributed by atoms with Crippen LogP contribution in [0.5, 0.6) is 0 Å². The van der Waals surface area contributed by atoms with Gasteiger partial charge in [-0.3, -0.25) is 0 Å². The number of hydrogen-bond donors (Lipinski definition) is 3. The minimum Gasteiger partial charge on any atom is -0.478 e. The Morgan fingerprint density at radius 1 is 1.08 bits per heavy atom. The third-order valence-corrected chi connectivity index (χ3v) is 3.99. The number of carboxylic acids is 1. The largest absolute Gasteiger partial charge is 0.478 e. The van der Waals surface area contributed by atoms with Gasteiger partial charge in [0.1, 0.15) is 5.82 Å². The summed E-state index contributed by atoms with van der Waals surface area (Å²) in [6, 6.07) is 14.1. The van der Waals surface area contributed by atoms with Crippen LogP contribution in [0.2, 0.25) is 0 Å². The Balaban J connectivity index is 1.76. The summed E-state index contributed by atoms with van der Waals surface area (Å²) in [5.41, 5.74) is 2.97. The van der Waals surface area contributed by atoms with Gasteiger partial charge in [0.15, 0.2) is 0 Å². The van der Waals surface area contributed by atoms with Gasteiger partial charge in [-0.15, -0.1) is 0 Å². The molecular formula is C18H15BrN4O2. The molecule has 7 heteroatoms. The highest BCUT2D eigenvalue weighted by Gasteiger charge is 2.05. The van der Waals surface area contributed by atoms with Crippen LogP contribution in [0.3, 0.4) is 0 Å². The van der Waals surface area contributed by atoms with Crippen molar-refractivity contribution in [2.75, 3.05) is 10.6 Å². The summed E-state index contributed by atoms with van der Waals surface area (Å²) in [6.07, 6.45) is 1.65. The maximum absolute atomic E-state index is 10.9. The van der Waals surface area contributed by atoms with Crippen molar-refractivity contribution in [1.29, 1.82) is 0 Å². The quantitative estimate of drug-likeness (QED) is 0.575. The maximum atomic E-state index is 10.9. The minimum absolute atomic E-state index is 0.237. The van der Waals surface area contributed by atoms with E-state index in [4.69, 9.17) is 5.11 Å². The molecule has 0 atom stereocenters. The van der Waals surface area contributed by atoms with Crippen molar-refractivity contribution in [2.45, 2.75) is 6.92 Å². The van der Waals surface area contributed by atoms with Crippen LogP contribution in [-0.2, 0) is 0 Å². The molecule has 0 spiro atoms. The summed E-state index contributed by atoms with van der Waals surface area (Å²) >= 11 is 3.44. The topological polar surface area (TPSA) is 87.1 Å². The molecule has 0 fully saturated rings. The number of hydrogen-bond acceptors (Lipinski definition) is 5. The van der Waals surface area contributed by atoms with Crippen LogP contribution in [0.4, 0.5) is 23.1 Å². The summed E-state index contributed by atoms with van der Waals surface area (Å²) in [6.45, 7) is 2.00. The Bertz CT molecular complexity index is 913. The Hall–Kier alpha value is -2.93. The van der Waals surface area contributed by atoms with Crippen LogP contribution in [0.25, 0.3) is 0 Å². The second-order valence-corrected chi connectivity index (χ2v) is 6.27. The van der Waals surface area contributed by atoms with E-state index in [0.29, 0.717) is 11.8 Å². The number of carbonyl (C=O) groups is 1. The smallest absolute Gasteiger partial charge is 0.335 e. The fourth-order valence-electron chi connectivity index (χ4n) is 2.22. The molecule has 0 aliphatic carbocycles. The lowest BCUT2D eigenvalue weighted by atomic mass is 10.2. The second-order valence-electron chi connectivity index (χ2n) is 5.36. The van der Waals surface area contributed by atoms with Crippen molar-refractivity contribution in [3.63, 3.8) is 0 Å². The molecule has 0 aliphatic rings. The zero-order valence-corrected chi connectivity index (χ0v) is 14.9. The van der Waals surface area contributed by atoms with Crippen LogP contribution in [0.1, 0.15) is 15.9 Å². The lowest BCUT2D eigenvalue weighted by Gasteiger charge is -2.10. The number of anilines is 4. The SMILES string of the molecule is Cc1cc(Br)ccc1Nc1nccc(Nc2ccc(C(=O)O)cc2)n1. The zero-order valence-electron chi connectivity index (χ0n) is 13.3. The van der Waals surface area contributed by atoms with E-state index in [-0.39, 0.29) is 5.56 Å². The molecular weight excluding hydrogens is 384 g/mol. The molecule has 0 radical (unpaired) electrons. The molecule has 126 valence electrons. The van der Waals surface area contributed by atoms with Gasteiger partial charge in [-0.2, -0.15) is 4.98 Å². The third-order valence-electron chi connectivity index (χ3n) is 3.49. The number of aromatic carboxylic acids is 1. The Kier molecular flexibility index (Phi) is 4.95. The fourth-order valence-corrected chi connectivity index (χ4v) is 2.70. The van der Waals surface area contributed by atoms with Crippen LogP contribution < -0.4 is 10.6 Å². The number of rotatable bonds is 5. The molecule has 0 bridgehead atoms. The molecule has 6 nitrogen and oxygen atoms in total. The standard InChI is InChI=1S/C18H15BrN4O2/c1-11-10-13(19)4-7-15(11)22-18-20-9-8-16(23-18)21-14-5-2-12(3-6-14)17(24)25/h2-10H,1H3,(H,24,25)(H2,20,21,22,23). The molecule has 3 aromatic rings. The van der Waals surface area contributed by atoms with Crippen molar-refractivity contribution in [1.82, 2.24) is 9.97 Å². The average molecular weight is 399 g/mol. The maximum Gasteiger partial charge on any atom is 0.335 e. The van der Waals surface area contributed by atoms with Gasteiger partial charge in [-0.05, 0) is 61.0 Å². The van der Waals surface area contributed by atoms with E-state index in [1.165, 1.54) is 12.1 Å². The lowest BCUT2D eigenvalue weighted by Crippen LogP contribution is -2.02. The number of nitrogens with zero attached hydrogens (tertiary/aromatic N) is 2. The van der Waals surface area contributed by atoms with E-state index in [0.717, 1.165) is 21.4 Å². The summed E-state index contributed by atoms with van der Waals surface area (Å²) < 4.78 is 1.01. The van der Waals surface area contributed by atoms with E-state index in [1.807, 2.05) is 25.1 Å². The molecule has 3 rings (SSSR count). The first-order valence-electron chi connectivity index (χ1n) is 7.48. The second kappa shape index (κ2) is 7.31. The van der Waals surface area contributed by atoms with Crippen LogP contribution in [0, 0.1) is 6.92 Å². The molecule has 25 heavy (non-hydrogen) atoms.